The Morgan fingerprint density at radius 1 is 1.36 bits per heavy atom. The van der Waals surface area contributed by atoms with E-state index < -0.39 is 10.7 Å². The number of benzene rings is 1. The minimum Gasteiger partial charge on any atom is -0.350 e. The van der Waals surface area contributed by atoms with Crippen molar-refractivity contribution in [2.45, 2.75) is 11.4 Å². The van der Waals surface area contributed by atoms with Crippen molar-refractivity contribution in [2.75, 3.05) is 0 Å². The van der Waals surface area contributed by atoms with Crippen LogP contribution >= 0.6 is 23.2 Å². The summed E-state index contributed by atoms with van der Waals surface area (Å²) in [6.07, 6.45) is 0. The first-order valence-corrected chi connectivity index (χ1v) is 4.77. The third-order valence-electron chi connectivity index (χ3n) is 1.58. The van der Waals surface area contributed by atoms with Gasteiger partial charge in [-0.25, -0.2) is 4.39 Å². The molecule has 0 aliphatic rings. The van der Waals surface area contributed by atoms with Gasteiger partial charge in [0.1, 0.15) is 5.82 Å². The van der Waals surface area contributed by atoms with E-state index in [-0.39, 0.29) is 12.4 Å². The maximum absolute atomic E-state index is 12.5. The first kappa shape index (κ1) is 11.3. The molecule has 1 amide bonds. The summed E-state index contributed by atoms with van der Waals surface area (Å²) in [6, 6.07) is 5.79. The number of halogens is 3. The van der Waals surface area contributed by atoms with Gasteiger partial charge in [-0.05, 0) is 17.7 Å². The lowest BCUT2D eigenvalue weighted by Gasteiger charge is -2.04. The topological polar surface area (TPSA) is 29.1 Å². The van der Waals surface area contributed by atoms with Crippen LogP contribution in [0.15, 0.2) is 24.3 Å². The Hall–Kier alpha value is -0.800. The number of nitrogens with one attached hydrogen (secondary N) is 1. The molecule has 2 nitrogen and oxygen atoms in total. The number of amides is 1. The summed E-state index contributed by atoms with van der Waals surface area (Å²) in [4.78, 5) is 9.86. The van der Waals surface area contributed by atoms with Crippen molar-refractivity contribution in [3.8, 4) is 0 Å². The van der Waals surface area contributed by atoms with E-state index in [1.54, 1.807) is 12.1 Å². The summed E-state index contributed by atoms with van der Waals surface area (Å²) in [7, 11) is 0. The largest absolute Gasteiger partial charge is 0.350 e. The fourth-order valence-corrected chi connectivity index (χ4v) is 1.02. The van der Waals surface area contributed by atoms with Gasteiger partial charge >= 0.3 is 0 Å². The van der Waals surface area contributed by atoms with Crippen LogP contribution in [0.4, 0.5) is 4.39 Å². The quantitative estimate of drug-likeness (QED) is 0.801. The Morgan fingerprint density at radius 2 is 1.93 bits per heavy atom. The first-order valence-electron chi connectivity index (χ1n) is 3.90. The highest BCUT2D eigenvalue weighted by Gasteiger charge is 2.09. The predicted octanol–water partition coefficient (Wildman–Crippen LogP) is 2.25. The summed E-state index contributed by atoms with van der Waals surface area (Å²) >= 11 is 10.6. The summed E-state index contributed by atoms with van der Waals surface area (Å²) in [5.74, 6) is -0.773. The molecule has 0 aromatic heterocycles. The second kappa shape index (κ2) is 5.17. The summed E-state index contributed by atoms with van der Waals surface area (Å²) in [5.41, 5.74) is 0.786. The number of hydrogen-bond acceptors (Lipinski definition) is 1. The fourth-order valence-electron chi connectivity index (χ4n) is 0.869. The van der Waals surface area contributed by atoms with E-state index in [2.05, 4.69) is 5.32 Å². The molecular weight excluding hydrogens is 228 g/mol. The second-order valence-electron chi connectivity index (χ2n) is 2.64. The van der Waals surface area contributed by atoms with Crippen molar-refractivity contribution in [2.24, 2.45) is 0 Å². The standard InChI is InChI=1S/C9H8Cl2FNO/c10-8(11)9(14)13-5-6-1-3-7(12)4-2-6/h1-4,8H,5H2,(H,13,14). The van der Waals surface area contributed by atoms with Crippen LogP contribution in [-0.2, 0) is 11.3 Å². The van der Waals surface area contributed by atoms with Crippen LogP contribution in [0.5, 0.6) is 0 Å². The third kappa shape index (κ3) is 3.52. The Labute approximate surface area is 91.0 Å². The second-order valence-corrected chi connectivity index (χ2v) is 3.74. The van der Waals surface area contributed by atoms with Gasteiger partial charge in [0.15, 0.2) is 4.84 Å². The molecular formula is C9H8Cl2FNO. The highest BCUT2D eigenvalue weighted by atomic mass is 35.5. The van der Waals surface area contributed by atoms with E-state index in [9.17, 15) is 9.18 Å². The molecule has 0 fully saturated rings. The molecule has 0 saturated heterocycles. The van der Waals surface area contributed by atoms with Crippen LogP contribution in [0.2, 0.25) is 0 Å². The van der Waals surface area contributed by atoms with Gasteiger partial charge in [0.25, 0.3) is 5.91 Å². The Kier molecular flexibility index (Phi) is 4.17. The molecule has 0 bridgehead atoms. The van der Waals surface area contributed by atoms with Gasteiger partial charge in [0.05, 0.1) is 0 Å². The SMILES string of the molecule is O=C(NCc1ccc(F)cc1)C(Cl)Cl. The predicted molar refractivity (Wildman–Crippen MR) is 53.7 cm³/mol. The van der Waals surface area contributed by atoms with E-state index in [0.717, 1.165) is 5.56 Å². The smallest absolute Gasteiger partial charge is 0.253 e. The van der Waals surface area contributed by atoms with E-state index in [1.807, 2.05) is 0 Å². The first-order chi connectivity index (χ1) is 6.59. The molecule has 14 heavy (non-hydrogen) atoms. The van der Waals surface area contributed by atoms with Gasteiger partial charge in [-0.1, -0.05) is 35.3 Å². The molecule has 0 saturated carbocycles. The van der Waals surface area contributed by atoms with E-state index in [4.69, 9.17) is 23.2 Å². The lowest BCUT2D eigenvalue weighted by Crippen LogP contribution is -2.27. The van der Waals surface area contributed by atoms with Crippen molar-refractivity contribution < 1.29 is 9.18 Å². The van der Waals surface area contributed by atoms with Crippen molar-refractivity contribution in [3.05, 3.63) is 35.6 Å². The Balaban J connectivity index is 2.46. The molecule has 76 valence electrons. The fraction of sp³-hybridized carbons (Fsp3) is 0.222. The van der Waals surface area contributed by atoms with Crippen LogP contribution in [-0.4, -0.2) is 10.7 Å². The Morgan fingerprint density at radius 3 is 2.43 bits per heavy atom. The Bertz CT molecular complexity index is 313. The van der Waals surface area contributed by atoms with Gasteiger partial charge < -0.3 is 5.32 Å². The van der Waals surface area contributed by atoms with Crippen molar-refractivity contribution in [1.29, 1.82) is 0 Å². The average molecular weight is 236 g/mol. The maximum Gasteiger partial charge on any atom is 0.253 e. The monoisotopic (exact) mass is 235 g/mol. The summed E-state index contributed by atoms with van der Waals surface area (Å²) < 4.78 is 12.5. The number of hydrogen-bond donors (Lipinski definition) is 1. The molecule has 0 unspecified atom stereocenters. The zero-order valence-corrected chi connectivity index (χ0v) is 8.65. The average Bonchev–Trinajstić information content (AvgIpc) is 2.16. The third-order valence-corrected chi connectivity index (χ3v) is 1.97. The zero-order chi connectivity index (χ0) is 10.6. The van der Waals surface area contributed by atoms with Crippen LogP contribution < -0.4 is 5.32 Å². The van der Waals surface area contributed by atoms with Crippen molar-refractivity contribution >= 4 is 29.1 Å². The highest BCUT2D eigenvalue weighted by Crippen LogP contribution is 2.04. The normalized spacial score (nSPS) is 10.3. The number of rotatable bonds is 3. The van der Waals surface area contributed by atoms with Gasteiger partial charge in [-0.2, -0.15) is 0 Å². The lowest BCUT2D eigenvalue weighted by molar-refractivity contribution is -0.119. The lowest BCUT2D eigenvalue weighted by atomic mass is 10.2. The van der Waals surface area contributed by atoms with Gasteiger partial charge in [-0.15, -0.1) is 0 Å². The molecule has 0 aliphatic carbocycles. The highest BCUT2D eigenvalue weighted by molar-refractivity contribution is 6.53. The van der Waals surface area contributed by atoms with Gasteiger partial charge in [0.2, 0.25) is 0 Å². The maximum atomic E-state index is 12.5. The molecule has 5 heteroatoms. The molecule has 0 spiro atoms. The van der Waals surface area contributed by atoms with Crippen LogP contribution in [0.25, 0.3) is 0 Å². The minimum atomic E-state index is -1.07. The summed E-state index contributed by atoms with van der Waals surface area (Å²) in [5, 5.41) is 2.49. The van der Waals surface area contributed by atoms with Crippen molar-refractivity contribution in [1.82, 2.24) is 5.32 Å². The van der Waals surface area contributed by atoms with Gasteiger partial charge in [-0.3, -0.25) is 4.79 Å². The zero-order valence-electron chi connectivity index (χ0n) is 7.14. The molecule has 0 radical (unpaired) electrons. The molecule has 1 rings (SSSR count). The molecule has 1 aromatic carbocycles. The van der Waals surface area contributed by atoms with Crippen molar-refractivity contribution in [3.63, 3.8) is 0 Å². The molecule has 1 N–H and O–H groups in total. The van der Waals surface area contributed by atoms with Crippen LogP contribution in [0.3, 0.4) is 0 Å². The molecule has 0 atom stereocenters. The van der Waals surface area contributed by atoms with E-state index >= 15 is 0 Å². The number of alkyl halides is 2. The number of carbonyl (C=O) groups excluding carboxylic acids is 1. The molecule has 0 aliphatic heterocycles. The summed E-state index contributed by atoms with van der Waals surface area (Å²) in [6.45, 7) is 0.287. The van der Waals surface area contributed by atoms with Gasteiger partial charge in [0, 0.05) is 6.54 Å². The molecule has 1 aromatic rings. The van der Waals surface area contributed by atoms with Crippen LogP contribution in [0.1, 0.15) is 5.56 Å². The molecule has 0 heterocycles. The van der Waals surface area contributed by atoms with E-state index in [0.29, 0.717) is 0 Å². The minimum absolute atomic E-state index is 0.287. The van der Waals surface area contributed by atoms with E-state index in [1.165, 1.54) is 12.1 Å². The number of carbonyl (C=O) groups is 1. The van der Waals surface area contributed by atoms with Crippen LogP contribution in [0, 0.1) is 5.82 Å².